The summed E-state index contributed by atoms with van der Waals surface area (Å²) >= 11 is 0. The summed E-state index contributed by atoms with van der Waals surface area (Å²) in [7, 11) is 1.63. The number of halogens is 4. The van der Waals surface area contributed by atoms with Gasteiger partial charge in [-0.05, 0) is 35.4 Å². The minimum Gasteiger partial charge on any atom is -0.488 e. The molecule has 26 heavy (non-hydrogen) atoms. The Morgan fingerprint density at radius 2 is 1.65 bits per heavy atom. The Bertz CT molecular complexity index is 714. The van der Waals surface area contributed by atoms with Crippen LogP contribution in [0.4, 0.5) is 13.2 Å². The molecule has 0 aromatic heterocycles. The molecule has 0 heterocycles. The van der Waals surface area contributed by atoms with Gasteiger partial charge in [0, 0.05) is 20.1 Å². The van der Waals surface area contributed by atoms with E-state index in [-0.39, 0.29) is 29.8 Å². The van der Waals surface area contributed by atoms with E-state index in [0.717, 1.165) is 11.1 Å². The number of aliphatic imine (C=N–C) groups is 1. The fourth-order valence-electron chi connectivity index (χ4n) is 2.14. The highest BCUT2D eigenvalue weighted by molar-refractivity contribution is 14.0. The van der Waals surface area contributed by atoms with Crippen LogP contribution in [0, 0.1) is 5.82 Å². The first kappa shape index (κ1) is 22.1. The lowest BCUT2D eigenvalue weighted by atomic mass is 10.2. The van der Waals surface area contributed by atoms with Gasteiger partial charge in [-0.25, -0.2) is 13.2 Å². The highest BCUT2D eigenvalue weighted by Gasteiger charge is 2.05. The molecule has 2 aromatic carbocycles. The molecule has 2 aromatic rings. The third-order valence-corrected chi connectivity index (χ3v) is 3.31. The van der Waals surface area contributed by atoms with Crippen molar-refractivity contribution in [1.29, 1.82) is 0 Å². The fraction of sp³-hybridized carbons (Fsp3) is 0.278. The van der Waals surface area contributed by atoms with Crippen LogP contribution in [-0.4, -0.2) is 26.0 Å². The molecule has 0 unspecified atom stereocenters. The third kappa shape index (κ3) is 7.94. The van der Waals surface area contributed by atoms with Crippen LogP contribution in [0.15, 0.2) is 53.5 Å². The van der Waals surface area contributed by atoms with Crippen molar-refractivity contribution in [2.45, 2.75) is 19.5 Å². The van der Waals surface area contributed by atoms with Gasteiger partial charge in [-0.2, -0.15) is 0 Å². The van der Waals surface area contributed by atoms with Crippen molar-refractivity contribution in [2.75, 3.05) is 13.7 Å². The number of hydrogen-bond acceptors (Lipinski definition) is 2. The van der Waals surface area contributed by atoms with Crippen LogP contribution in [0.25, 0.3) is 0 Å². The van der Waals surface area contributed by atoms with Gasteiger partial charge in [0.25, 0.3) is 6.43 Å². The molecule has 8 heteroatoms. The maximum atomic E-state index is 13.2. The third-order valence-electron chi connectivity index (χ3n) is 3.31. The van der Waals surface area contributed by atoms with Crippen molar-refractivity contribution in [3.05, 3.63) is 65.5 Å². The molecular weight excluding hydrogens is 458 g/mol. The van der Waals surface area contributed by atoms with Gasteiger partial charge in [-0.3, -0.25) is 4.99 Å². The van der Waals surface area contributed by atoms with Crippen LogP contribution >= 0.6 is 24.0 Å². The Kier molecular flexibility index (Phi) is 9.85. The Morgan fingerprint density at radius 3 is 2.23 bits per heavy atom. The number of hydrogen-bond donors (Lipinski definition) is 2. The van der Waals surface area contributed by atoms with Crippen LogP contribution in [0.1, 0.15) is 11.1 Å². The van der Waals surface area contributed by atoms with E-state index in [9.17, 15) is 13.2 Å². The number of nitrogens with zero attached hydrogens (tertiary/aromatic N) is 1. The van der Waals surface area contributed by atoms with E-state index in [1.54, 1.807) is 31.3 Å². The van der Waals surface area contributed by atoms with E-state index in [1.165, 1.54) is 12.1 Å². The molecule has 4 nitrogen and oxygen atoms in total. The quantitative estimate of drug-likeness (QED) is 0.359. The molecule has 142 valence electrons. The molecule has 0 saturated heterocycles. The molecule has 0 saturated carbocycles. The summed E-state index contributed by atoms with van der Waals surface area (Å²) in [5.41, 5.74) is 1.66. The number of nitrogens with one attached hydrogen (secondary N) is 2. The second-order valence-electron chi connectivity index (χ2n) is 5.26. The smallest absolute Gasteiger partial charge is 0.272 e. The van der Waals surface area contributed by atoms with Crippen LogP contribution in [0.2, 0.25) is 0 Å². The SMILES string of the molecule is CN=C(NCc1cccc(F)c1)NCc1cccc(OCC(F)F)c1.I. The van der Waals surface area contributed by atoms with Crippen LogP contribution < -0.4 is 15.4 Å². The predicted octanol–water partition coefficient (Wildman–Crippen LogP) is 3.95. The van der Waals surface area contributed by atoms with Crippen LogP contribution in [0.5, 0.6) is 5.75 Å². The summed E-state index contributed by atoms with van der Waals surface area (Å²) in [4.78, 5) is 4.09. The van der Waals surface area contributed by atoms with Gasteiger partial charge < -0.3 is 15.4 Å². The van der Waals surface area contributed by atoms with Gasteiger partial charge >= 0.3 is 0 Å². The Labute approximate surface area is 167 Å². The zero-order valence-electron chi connectivity index (χ0n) is 14.2. The van der Waals surface area contributed by atoms with Gasteiger partial charge in [0.15, 0.2) is 5.96 Å². The Hall–Kier alpha value is -1.97. The predicted molar refractivity (Wildman–Crippen MR) is 107 cm³/mol. The molecule has 0 aliphatic rings. The molecule has 0 radical (unpaired) electrons. The summed E-state index contributed by atoms with van der Waals surface area (Å²) in [6, 6.07) is 13.2. The molecule has 0 aliphatic heterocycles. The highest BCUT2D eigenvalue weighted by Crippen LogP contribution is 2.14. The van der Waals surface area contributed by atoms with Gasteiger partial charge in [-0.1, -0.05) is 24.3 Å². The van der Waals surface area contributed by atoms with E-state index in [4.69, 9.17) is 4.74 Å². The van der Waals surface area contributed by atoms with Crippen molar-refractivity contribution in [1.82, 2.24) is 10.6 Å². The minimum atomic E-state index is -2.51. The molecule has 0 amide bonds. The van der Waals surface area contributed by atoms with E-state index in [1.807, 2.05) is 12.1 Å². The maximum Gasteiger partial charge on any atom is 0.272 e. The average Bonchev–Trinajstić information content (AvgIpc) is 2.60. The lowest BCUT2D eigenvalue weighted by Gasteiger charge is -2.13. The lowest BCUT2D eigenvalue weighted by Crippen LogP contribution is -2.36. The van der Waals surface area contributed by atoms with Crippen LogP contribution in [0.3, 0.4) is 0 Å². The summed E-state index contributed by atoms with van der Waals surface area (Å²) in [6.45, 7) is 0.234. The number of guanidine groups is 1. The number of ether oxygens (including phenoxy) is 1. The Morgan fingerprint density at radius 1 is 1.04 bits per heavy atom. The monoisotopic (exact) mass is 479 g/mol. The second-order valence-corrected chi connectivity index (χ2v) is 5.26. The van der Waals surface area contributed by atoms with Crippen molar-refractivity contribution >= 4 is 29.9 Å². The van der Waals surface area contributed by atoms with Gasteiger partial charge in [0.2, 0.25) is 0 Å². The number of rotatable bonds is 7. The summed E-state index contributed by atoms with van der Waals surface area (Å²) in [6.07, 6.45) is -2.51. The molecule has 0 spiro atoms. The maximum absolute atomic E-state index is 13.2. The van der Waals surface area contributed by atoms with E-state index in [0.29, 0.717) is 24.8 Å². The lowest BCUT2D eigenvalue weighted by molar-refractivity contribution is 0.0818. The molecule has 2 rings (SSSR count). The standard InChI is InChI=1S/C18H20F3N3O.HI/c1-22-18(23-10-13-4-2-6-15(19)8-13)24-11-14-5-3-7-16(9-14)25-12-17(20)21;/h2-9,17H,10-12H2,1H3,(H2,22,23,24);1H. The first-order valence-electron chi connectivity index (χ1n) is 7.75. The number of benzene rings is 2. The number of alkyl halides is 2. The summed E-state index contributed by atoms with van der Waals surface area (Å²) < 4.78 is 42.5. The topological polar surface area (TPSA) is 45.7 Å². The minimum absolute atomic E-state index is 0. The largest absolute Gasteiger partial charge is 0.488 e. The normalized spacial score (nSPS) is 11.0. The van der Waals surface area contributed by atoms with E-state index >= 15 is 0 Å². The first-order chi connectivity index (χ1) is 12.1. The molecule has 0 aliphatic carbocycles. The van der Waals surface area contributed by atoms with E-state index < -0.39 is 13.0 Å². The Balaban J connectivity index is 0.00000338. The van der Waals surface area contributed by atoms with Crippen molar-refractivity contribution < 1.29 is 17.9 Å². The van der Waals surface area contributed by atoms with Gasteiger partial charge in [0.1, 0.15) is 18.2 Å². The molecular formula is C18H21F3IN3O. The van der Waals surface area contributed by atoms with Crippen molar-refractivity contribution in [3.8, 4) is 5.75 Å². The van der Waals surface area contributed by atoms with Crippen molar-refractivity contribution in [3.63, 3.8) is 0 Å². The van der Waals surface area contributed by atoms with E-state index in [2.05, 4.69) is 15.6 Å². The fourth-order valence-corrected chi connectivity index (χ4v) is 2.14. The van der Waals surface area contributed by atoms with Crippen molar-refractivity contribution in [2.24, 2.45) is 4.99 Å². The zero-order chi connectivity index (χ0) is 18.1. The first-order valence-corrected chi connectivity index (χ1v) is 7.75. The molecule has 0 fully saturated rings. The summed E-state index contributed by atoms with van der Waals surface area (Å²) in [5, 5.41) is 6.18. The molecule has 0 atom stereocenters. The van der Waals surface area contributed by atoms with Gasteiger partial charge in [-0.15, -0.1) is 24.0 Å². The zero-order valence-corrected chi connectivity index (χ0v) is 16.5. The van der Waals surface area contributed by atoms with Gasteiger partial charge in [0.05, 0.1) is 0 Å². The second kappa shape index (κ2) is 11.6. The highest BCUT2D eigenvalue weighted by atomic mass is 127. The van der Waals surface area contributed by atoms with Crippen LogP contribution in [-0.2, 0) is 13.1 Å². The summed E-state index contributed by atoms with van der Waals surface area (Å²) in [5.74, 6) is 0.647. The average molecular weight is 479 g/mol. The molecule has 2 N–H and O–H groups in total. The molecule has 0 bridgehead atoms.